The van der Waals surface area contributed by atoms with Crippen molar-refractivity contribution < 1.29 is 0 Å². The highest BCUT2D eigenvalue weighted by Gasteiger charge is 2.11. The number of hydrogen-bond donors (Lipinski definition) is 2. The summed E-state index contributed by atoms with van der Waals surface area (Å²) in [6.07, 6.45) is 27.4. The van der Waals surface area contributed by atoms with Crippen LogP contribution >= 0.6 is 0 Å². The average Bonchev–Trinajstić information content (AvgIpc) is 2.68. The molecular formula is C26H58N2. The lowest BCUT2D eigenvalue weighted by Crippen LogP contribution is -2.49. The second-order valence-electron chi connectivity index (χ2n) is 8.96. The summed E-state index contributed by atoms with van der Waals surface area (Å²) >= 11 is 0. The number of nitrogens with one attached hydrogen (secondary N) is 1. The van der Waals surface area contributed by atoms with E-state index in [9.17, 15) is 0 Å². The van der Waals surface area contributed by atoms with Crippen LogP contribution in [0.4, 0.5) is 0 Å². The van der Waals surface area contributed by atoms with Crippen LogP contribution in [0.5, 0.6) is 0 Å². The van der Waals surface area contributed by atoms with Crippen LogP contribution in [0.2, 0.25) is 0 Å². The molecule has 3 N–H and O–H groups in total. The molecule has 0 aliphatic heterocycles. The molecule has 0 heterocycles. The summed E-state index contributed by atoms with van der Waals surface area (Å²) in [6.45, 7) is 11.7. The summed E-state index contributed by atoms with van der Waals surface area (Å²) in [5.41, 5.74) is 5.56. The molecule has 0 amide bonds. The number of hydrogen-bond acceptors (Lipinski definition) is 2. The van der Waals surface area contributed by atoms with Crippen LogP contribution in [0, 0.1) is 0 Å². The predicted molar refractivity (Wildman–Crippen MR) is 131 cm³/mol. The Morgan fingerprint density at radius 1 is 0.500 bits per heavy atom. The zero-order valence-corrected chi connectivity index (χ0v) is 20.7. The third kappa shape index (κ3) is 28.1. The summed E-state index contributed by atoms with van der Waals surface area (Å²) in [4.78, 5) is 0. The van der Waals surface area contributed by atoms with Gasteiger partial charge in [-0.3, -0.25) is 0 Å². The molecule has 0 spiro atoms. The molecule has 0 aromatic carbocycles. The Kier molecular flexibility index (Phi) is 26.8. The predicted octanol–water partition coefficient (Wildman–Crippen LogP) is 8.73. The van der Waals surface area contributed by atoms with Gasteiger partial charge in [0.15, 0.2) is 0 Å². The largest absolute Gasteiger partial charge is 0.314 e. The van der Waals surface area contributed by atoms with Gasteiger partial charge in [0.1, 0.15) is 0 Å². The van der Waals surface area contributed by atoms with Gasteiger partial charge in [0.2, 0.25) is 0 Å². The van der Waals surface area contributed by atoms with Crippen LogP contribution in [-0.4, -0.2) is 12.2 Å². The Balaban J connectivity index is 0. The van der Waals surface area contributed by atoms with Crippen LogP contribution in [0.25, 0.3) is 0 Å². The highest BCUT2D eigenvalue weighted by atomic mass is 15.1. The van der Waals surface area contributed by atoms with Crippen LogP contribution in [-0.2, 0) is 0 Å². The first-order chi connectivity index (χ1) is 13.5. The normalized spacial score (nSPS) is 13.1. The first-order valence-corrected chi connectivity index (χ1v) is 13.1. The van der Waals surface area contributed by atoms with Gasteiger partial charge in [0.05, 0.1) is 5.66 Å². The molecule has 0 saturated heterocycles. The monoisotopic (exact) mass is 398 g/mol. The van der Waals surface area contributed by atoms with Gasteiger partial charge in [-0.25, -0.2) is 0 Å². The molecule has 0 radical (unpaired) electrons. The van der Waals surface area contributed by atoms with E-state index in [0.29, 0.717) is 0 Å². The van der Waals surface area contributed by atoms with Crippen LogP contribution < -0.4 is 11.1 Å². The summed E-state index contributed by atoms with van der Waals surface area (Å²) in [6, 6.07) is 0. The van der Waals surface area contributed by atoms with E-state index in [0.717, 1.165) is 13.0 Å². The SMILES string of the molecule is CCCCCCCCCCCCCCCCCCCC.CCNC(C)(N)CC. The lowest BCUT2D eigenvalue weighted by Gasteiger charge is -2.23. The van der Waals surface area contributed by atoms with Crippen molar-refractivity contribution >= 4 is 0 Å². The Bertz CT molecular complexity index is 245. The van der Waals surface area contributed by atoms with E-state index in [1.807, 2.05) is 6.92 Å². The minimum absolute atomic E-state index is 0.158. The van der Waals surface area contributed by atoms with Gasteiger partial charge in [0, 0.05) is 0 Å². The second-order valence-corrected chi connectivity index (χ2v) is 8.96. The topological polar surface area (TPSA) is 38.0 Å². The number of unbranched alkanes of at least 4 members (excludes halogenated alkanes) is 17. The van der Waals surface area contributed by atoms with E-state index in [4.69, 9.17) is 5.73 Å². The van der Waals surface area contributed by atoms with Gasteiger partial charge in [-0.1, -0.05) is 143 Å². The van der Waals surface area contributed by atoms with Gasteiger partial charge in [-0.2, -0.15) is 0 Å². The second kappa shape index (κ2) is 25.0. The Morgan fingerprint density at radius 3 is 0.893 bits per heavy atom. The van der Waals surface area contributed by atoms with E-state index in [-0.39, 0.29) is 5.66 Å². The summed E-state index contributed by atoms with van der Waals surface area (Å²) in [7, 11) is 0. The maximum absolute atomic E-state index is 5.72. The minimum atomic E-state index is -0.158. The molecule has 0 saturated carbocycles. The molecule has 1 atom stereocenters. The van der Waals surface area contributed by atoms with Gasteiger partial charge in [-0.15, -0.1) is 0 Å². The van der Waals surface area contributed by atoms with Crippen molar-refractivity contribution in [3.63, 3.8) is 0 Å². The fraction of sp³-hybridized carbons (Fsp3) is 1.00. The molecule has 0 aromatic rings. The molecule has 0 aliphatic carbocycles. The highest BCUT2D eigenvalue weighted by molar-refractivity contribution is 4.71. The van der Waals surface area contributed by atoms with E-state index in [1.165, 1.54) is 116 Å². The molecule has 0 fully saturated rings. The van der Waals surface area contributed by atoms with Crippen LogP contribution in [0.3, 0.4) is 0 Å². The van der Waals surface area contributed by atoms with Crippen molar-refractivity contribution in [2.75, 3.05) is 6.54 Å². The van der Waals surface area contributed by atoms with Crippen LogP contribution in [0.15, 0.2) is 0 Å². The molecule has 0 bridgehead atoms. The van der Waals surface area contributed by atoms with Gasteiger partial charge < -0.3 is 11.1 Å². The van der Waals surface area contributed by atoms with Crippen molar-refractivity contribution in [1.29, 1.82) is 0 Å². The van der Waals surface area contributed by atoms with Crippen molar-refractivity contribution in [3.8, 4) is 0 Å². The van der Waals surface area contributed by atoms with Crippen molar-refractivity contribution in [2.24, 2.45) is 5.73 Å². The Labute approximate surface area is 180 Å². The third-order valence-corrected chi connectivity index (χ3v) is 5.77. The maximum atomic E-state index is 5.72. The Morgan fingerprint density at radius 2 is 0.750 bits per heavy atom. The Hall–Kier alpha value is -0.0800. The molecule has 0 aliphatic rings. The van der Waals surface area contributed by atoms with E-state index >= 15 is 0 Å². The zero-order valence-electron chi connectivity index (χ0n) is 20.7. The fourth-order valence-electron chi connectivity index (χ4n) is 3.50. The molecule has 0 rings (SSSR count). The molecule has 1 unspecified atom stereocenters. The lowest BCUT2D eigenvalue weighted by atomic mass is 10.0. The number of nitrogens with two attached hydrogens (primary N) is 1. The molecule has 2 heteroatoms. The lowest BCUT2D eigenvalue weighted by molar-refractivity contribution is 0.365. The van der Waals surface area contributed by atoms with Gasteiger partial charge >= 0.3 is 0 Å². The molecule has 28 heavy (non-hydrogen) atoms. The van der Waals surface area contributed by atoms with Gasteiger partial charge in [-0.05, 0) is 19.9 Å². The van der Waals surface area contributed by atoms with E-state index in [1.54, 1.807) is 0 Å². The minimum Gasteiger partial charge on any atom is -0.314 e. The zero-order chi connectivity index (χ0) is 21.3. The summed E-state index contributed by atoms with van der Waals surface area (Å²) in [5, 5.41) is 3.15. The van der Waals surface area contributed by atoms with E-state index in [2.05, 4.69) is 33.0 Å². The van der Waals surface area contributed by atoms with E-state index < -0.39 is 0 Å². The maximum Gasteiger partial charge on any atom is 0.0630 e. The fourth-order valence-corrected chi connectivity index (χ4v) is 3.50. The summed E-state index contributed by atoms with van der Waals surface area (Å²) < 4.78 is 0. The molecular weight excluding hydrogens is 340 g/mol. The molecule has 2 nitrogen and oxygen atoms in total. The van der Waals surface area contributed by atoms with Crippen molar-refractivity contribution in [1.82, 2.24) is 5.32 Å². The number of rotatable bonds is 20. The van der Waals surface area contributed by atoms with Gasteiger partial charge in [0.25, 0.3) is 0 Å². The highest BCUT2D eigenvalue weighted by Crippen LogP contribution is 2.14. The average molecular weight is 399 g/mol. The van der Waals surface area contributed by atoms with Crippen molar-refractivity contribution in [3.05, 3.63) is 0 Å². The molecule has 0 aromatic heterocycles. The smallest absolute Gasteiger partial charge is 0.0630 e. The first-order valence-electron chi connectivity index (χ1n) is 13.1. The van der Waals surface area contributed by atoms with Crippen molar-refractivity contribution in [2.45, 2.75) is 162 Å². The van der Waals surface area contributed by atoms with Crippen LogP contribution in [0.1, 0.15) is 157 Å². The quantitative estimate of drug-likeness (QED) is 0.159. The standard InChI is InChI=1S/C20H42.C6H16N2/c1-3-5-7-9-11-13-15-17-19-20-18-16-14-12-10-8-6-4-2;1-4-6(3,7)8-5-2/h3-20H2,1-2H3;8H,4-5,7H2,1-3H3. The molecule has 172 valence electrons. The summed E-state index contributed by atoms with van der Waals surface area (Å²) in [5.74, 6) is 0. The first kappa shape index (κ1) is 30.1. The third-order valence-electron chi connectivity index (χ3n) is 5.77.